The van der Waals surface area contributed by atoms with Gasteiger partial charge < -0.3 is 13.8 Å². The molecule has 0 radical (unpaired) electrons. The third-order valence-electron chi connectivity index (χ3n) is 4.37. The quantitative estimate of drug-likeness (QED) is 0.581. The van der Waals surface area contributed by atoms with E-state index in [0.29, 0.717) is 18.7 Å². The van der Waals surface area contributed by atoms with Gasteiger partial charge in [-0.15, -0.1) is 0 Å². The van der Waals surface area contributed by atoms with E-state index < -0.39 is 10.1 Å². The highest BCUT2D eigenvalue weighted by atomic mass is 79.9. The lowest BCUT2D eigenvalue weighted by molar-refractivity contribution is 0.0507. The monoisotopic (exact) mass is 467 g/mol. The molecule has 0 aromatic heterocycles. The average molecular weight is 468 g/mol. The molecule has 1 heterocycles. The van der Waals surface area contributed by atoms with Crippen molar-refractivity contribution >= 4 is 32.0 Å². The van der Waals surface area contributed by atoms with Crippen LogP contribution in [-0.4, -0.2) is 44.7 Å². The number of halogens is 1. The molecule has 0 saturated carbocycles. The maximum Gasteiger partial charge on any atom is 0.306 e. The van der Waals surface area contributed by atoms with Crippen LogP contribution in [0.4, 0.5) is 0 Å². The van der Waals surface area contributed by atoms with Crippen LogP contribution in [0.25, 0.3) is 0 Å². The zero-order valence-corrected chi connectivity index (χ0v) is 17.9. The van der Waals surface area contributed by atoms with Gasteiger partial charge in [0.2, 0.25) is 0 Å². The minimum absolute atomic E-state index is 0.0345. The molecule has 0 N–H and O–H groups in total. The van der Waals surface area contributed by atoms with Crippen LogP contribution in [0.1, 0.15) is 28.8 Å². The molecule has 1 atom stereocenters. The summed E-state index contributed by atoms with van der Waals surface area (Å²) < 4.78 is 34.0. The zero-order chi connectivity index (χ0) is 20.1. The average Bonchev–Trinajstić information content (AvgIpc) is 3.15. The number of carbonyl (C=O) groups excluding carboxylic acids is 1. The van der Waals surface area contributed by atoms with Gasteiger partial charge in [-0.05, 0) is 54.8 Å². The SMILES string of the molecule is CS(=O)(=O)Oc1ccc(CN(C[C@H]2CCCO2)C(=O)c2ccc(Br)cc2)cc1. The van der Waals surface area contributed by atoms with E-state index >= 15 is 0 Å². The lowest BCUT2D eigenvalue weighted by atomic mass is 10.1. The largest absolute Gasteiger partial charge is 0.383 e. The molecular formula is C20H22BrNO5S. The highest BCUT2D eigenvalue weighted by Crippen LogP contribution is 2.20. The third-order valence-corrected chi connectivity index (χ3v) is 5.39. The highest BCUT2D eigenvalue weighted by molar-refractivity contribution is 9.10. The number of rotatable bonds is 7. The Bertz CT molecular complexity index is 907. The molecule has 0 bridgehead atoms. The number of nitrogens with zero attached hydrogens (tertiary/aromatic N) is 1. The maximum atomic E-state index is 13.1. The fourth-order valence-corrected chi connectivity index (χ4v) is 3.80. The molecule has 1 aliphatic rings. The molecule has 1 aliphatic heterocycles. The summed E-state index contributed by atoms with van der Waals surface area (Å²) in [6.07, 6.45) is 2.97. The second kappa shape index (κ2) is 9.07. The number of hydrogen-bond acceptors (Lipinski definition) is 5. The zero-order valence-electron chi connectivity index (χ0n) is 15.5. The molecule has 6 nitrogen and oxygen atoms in total. The molecule has 28 heavy (non-hydrogen) atoms. The van der Waals surface area contributed by atoms with Gasteiger partial charge in [-0.1, -0.05) is 28.1 Å². The van der Waals surface area contributed by atoms with Crippen LogP contribution in [0, 0.1) is 0 Å². The fraction of sp³-hybridized carbons (Fsp3) is 0.350. The van der Waals surface area contributed by atoms with Gasteiger partial charge in [0.15, 0.2) is 0 Å². The van der Waals surface area contributed by atoms with Gasteiger partial charge in [-0.25, -0.2) is 0 Å². The second-order valence-corrected chi connectivity index (χ2v) is 9.25. The normalized spacial score (nSPS) is 16.7. The van der Waals surface area contributed by atoms with Gasteiger partial charge >= 0.3 is 10.1 Å². The first-order valence-corrected chi connectivity index (χ1v) is 11.6. The number of amides is 1. The van der Waals surface area contributed by atoms with Gasteiger partial charge in [0.25, 0.3) is 5.91 Å². The van der Waals surface area contributed by atoms with Crippen LogP contribution in [0.15, 0.2) is 53.0 Å². The summed E-state index contributed by atoms with van der Waals surface area (Å²) in [7, 11) is -3.57. The first-order chi connectivity index (χ1) is 13.3. The first kappa shape index (κ1) is 20.8. The summed E-state index contributed by atoms with van der Waals surface area (Å²) in [5.41, 5.74) is 1.49. The molecule has 1 saturated heterocycles. The van der Waals surface area contributed by atoms with Crippen molar-refractivity contribution in [3.8, 4) is 5.75 Å². The topological polar surface area (TPSA) is 72.9 Å². The molecule has 0 spiro atoms. The minimum Gasteiger partial charge on any atom is -0.383 e. The van der Waals surface area contributed by atoms with E-state index in [9.17, 15) is 13.2 Å². The van der Waals surface area contributed by atoms with E-state index in [1.807, 2.05) is 12.1 Å². The van der Waals surface area contributed by atoms with Crippen LogP contribution < -0.4 is 4.18 Å². The first-order valence-electron chi connectivity index (χ1n) is 8.95. The Morgan fingerprint density at radius 1 is 1.18 bits per heavy atom. The minimum atomic E-state index is -3.57. The smallest absolute Gasteiger partial charge is 0.306 e. The summed E-state index contributed by atoms with van der Waals surface area (Å²) in [5, 5.41) is 0. The van der Waals surface area contributed by atoms with E-state index in [1.165, 1.54) is 0 Å². The molecule has 3 rings (SSSR count). The van der Waals surface area contributed by atoms with Crippen LogP contribution in [-0.2, 0) is 21.4 Å². The number of benzene rings is 2. The summed E-state index contributed by atoms with van der Waals surface area (Å²) >= 11 is 3.38. The Morgan fingerprint density at radius 3 is 2.43 bits per heavy atom. The molecular weight excluding hydrogens is 446 g/mol. The molecule has 2 aromatic carbocycles. The van der Waals surface area contributed by atoms with E-state index in [4.69, 9.17) is 8.92 Å². The van der Waals surface area contributed by atoms with Crippen LogP contribution in [0.3, 0.4) is 0 Å². The van der Waals surface area contributed by atoms with Crippen molar-refractivity contribution in [3.05, 3.63) is 64.1 Å². The Morgan fingerprint density at radius 2 is 1.86 bits per heavy atom. The van der Waals surface area contributed by atoms with Gasteiger partial charge in [0, 0.05) is 29.7 Å². The Kier molecular flexibility index (Phi) is 6.74. The van der Waals surface area contributed by atoms with Crippen molar-refractivity contribution in [2.75, 3.05) is 19.4 Å². The fourth-order valence-electron chi connectivity index (χ4n) is 3.07. The van der Waals surface area contributed by atoms with Crippen LogP contribution in [0.2, 0.25) is 0 Å². The molecule has 1 amide bonds. The Balaban J connectivity index is 1.76. The van der Waals surface area contributed by atoms with Gasteiger partial charge in [0.1, 0.15) is 5.75 Å². The van der Waals surface area contributed by atoms with Crippen molar-refractivity contribution in [1.29, 1.82) is 0 Å². The van der Waals surface area contributed by atoms with E-state index in [2.05, 4.69) is 15.9 Å². The molecule has 150 valence electrons. The number of hydrogen-bond donors (Lipinski definition) is 0. The van der Waals surface area contributed by atoms with Crippen molar-refractivity contribution in [2.45, 2.75) is 25.5 Å². The van der Waals surface area contributed by atoms with Crippen molar-refractivity contribution in [2.24, 2.45) is 0 Å². The summed E-state index contributed by atoms with van der Waals surface area (Å²) in [5.74, 6) is 0.177. The summed E-state index contributed by atoms with van der Waals surface area (Å²) in [6.45, 7) is 1.63. The molecule has 0 unspecified atom stereocenters. The maximum absolute atomic E-state index is 13.1. The Hall–Kier alpha value is -1.90. The van der Waals surface area contributed by atoms with Crippen molar-refractivity contribution in [3.63, 3.8) is 0 Å². The summed E-state index contributed by atoms with van der Waals surface area (Å²) in [6, 6.07) is 14.0. The summed E-state index contributed by atoms with van der Waals surface area (Å²) in [4.78, 5) is 14.8. The van der Waals surface area contributed by atoms with Crippen LogP contribution in [0.5, 0.6) is 5.75 Å². The molecule has 2 aromatic rings. The van der Waals surface area contributed by atoms with E-state index in [-0.39, 0.29) is 17.8 Å². The van der Waals surface area contributed by atoms with E-state index in [1.54, 1.807) is 41.3 Å². The van der Waals surface area contributed by atoms with Crippen molar-refractivity contribution < 1.29 is 22.1 Å². The van der Waals surface area contributed by atoms with Crippen LogP contribution >= 0.6 is 15.9 Å². The predicted octanol–water partition coefficient (Wildman–Crippen LogP) is 3.61. The second-order valence-electron chi connectivity index (χ2n) is 6.76. The molecule has 1 fully saturated rings. The lowest BCUT2D eigenvalue weighted by Crippen LogP contribution is -2.37. The van der Waals surface area contributed by atoms with Gasteiger partial charge in [0.05, 0.1) is 12.4 Å². The Labute approximate surface area is 173 Å². The van der Waals surface area contributed by atoms with E-state index in [0.717, 1.165) is 35.7 Å². The predicted molar refractivity (Wildman–Crippen MR) is 110 cm³/mol. The number of ether oxygens (including phenoxy) is 1. The lowest BCUT2D eigenvalue weighted by Gasteiger charge is -2.26. The van der Waals surface area contributed by atoms with Gasteiger partial charge in [-0.3, -0.25) is 4.79 Å². The van der Waals surface area contributed by atoms with Gasteiger partial charge in [-0.2, -0.15) is 8.42 Å². The highest BCUT2D eigenvalue weighted by Gasteiger charge is 2.23. The third kappa shape index (κ3) is 6.05. The standard InChI is InChI=1S/C20H22BrNO5S/c1-28(24,25)27-18-10-4-15(5-11-18)13-22(14-19-3-2-12-26-19)20(23)16-6-8-17(21)9-7-16/h4-11,19H,2-3,12-14H2,1H3/t19-/m1/s1. The molecule has 8 heteroatoms. The molecule has 0 aliphatic carbocycles. The number of carbonyl (C=O) groups is 1. The van der Waals surface area contributed by atoms with Crippen molar-refractivity contribution in [1.82, 2.24) is 4.90 Å².